The smallest absolute Gasteiger partial charge is 0.0619 e. The molecule has 3 heteroatoms. The SMILES string of the molecule is CC1COCCN1CCN1CCCCC1. The summed E-state index contributed by atoms with van der Waals surface area (Å²) < 4.78 is 5.45. The largest absolute Gasteiger partial charge is 0.379 e. The van der Waals surface area contributed by atoms with Crippen LogP contribution in [-0.2, 0) is 4.74 Å². The minimum absolute atomic E-state index is 0.614. The molecule has 0 radical (unpaired) electrons. The molecule has 0 bridgehead atoms. The van der Waals surface area contributed by atoms with E-state index in [9.17, 15) is 0 Å². The van der Waals surface area contributed by atoms with Gasteiger partial charge in [-0.1, -0.05) is 6.42 Å². The van der Waals surface area contributed by atoms with Gasteiger partial charge in [-0.2, -0.15) is 0 Å². The van der Waals surface area contributed by atoms with Gasteiger partial charge in [0, 0.05) is 25.7 Å². The van der Waals surface area contributed by atoms with Gasteiger partial charge in [0.25, 0.3) is 0 Å². The second kappa shape index (κ2) is 5.83. The van der Waals surface area contributed by atoms with Crippen LogP contribution in [0.25, 0.3) is 0 Å². The Morgan fingerprint density at radius 3 is 2.60 bits per heavy atom. The molecule has 0 aromatic heterocycles. The minimum Gasteiger partial charge on any atom is -0.379 e. The molecule has 0 N–H and O–H groups in total. The lowest BCUT2D eigenvalue weighted by Crippen LogP contribution is -2.47. The molecule has 2 rings (SSSR count). The summed E-state index contributed by atoms with van der Waals surface area (Å²) in [5, 5.41) is 0. The molecule has 88 valence electrons. The molecule has 2 fully saturated rings. The highest BCUT2D eigenvalue weighted by atomic mass is 16.5. The first-order valence-electron chi connectivity index (χ1n) is 6.40. The molecule has 1 unspecified atom stereocenters. The summed E-state index contributed by atoms with van der Waals surface area (Å²) in [6, 6.07) is 0.614. The van der Waals surface area contributed by atoms with Crippen molar-refractivity contribution in [2.24, 2.45) is 0 Å². The number of piperidine rings is 1. The number of hydrogen-bond acceptors (Lipinski definition) is 3. The van der Waals surface area contributed by atoms with Crippen molar-refractivity contribution in [1.29, 1.82) is 0 Å². The van der Waals surface area contributed by atoms with Crippen LogP contribution in [0.2, 0.25) is 0 Å². The molecule has 0 saturated carbocycles. The molecule has 2 saturated heterocycles. The number of likely N-dealkylation sites (tertiary alicyclic amines) is 1. The molecule has 0 aromatic carbocycles. The fourth-order valence-corrected chi connectivity index (χ4v) is 2.55. The summed E-state index contributed by atoms with van der Waals surface area (Å²) in [5.41, 5.74) is 0. The maximum absolute atomic E-state index is 5.45. The Kier molecular flexibility index (Phi) is 4.42. The summed E-state index contributed by atoms with van der Waals surface area (Å²) in [7, 11) is 0. The van der Waals surface area contributed by atoms with Crippen LogP contribution in [0.15, 0.2) is 0 Å². The summed E-state index contributed by atoms with van der Waals surface area (Å²) in [5.74, 6) is 0. The Hall–Kier alpha value is -0.120. The minimum atomic E-state index is 0.614. The Morgan fingerprint density at radius 2 is 1.87 bits per heavy atom. The van der Waals surface area contributed by atoms with Crippen LogP contribution in [0.5, 0.6) is 0 Å². The Balaban J connectivity index is 1.67. The lowest BCUT2D eigenvalue weighted by molar-refractivity contribution is -0.00465. The normalized spacial score (nSPS) is 30.6. The van der Waals surface area contributed by atoms with Gasteiger partial charge in [-0.25, -0.2) is 0 Å². The standard InChI is InChI=1S/C12H24N2O/c1-12-11-15-10-9-14(12)8-7-13-5-3-2-4-6-13/h12H,2-11H2,1H3. The molecule has 1 atom stereocenters. The van der Waals surface area contributed by atoms with Gasteiger partial charge in [0.2, 0.25) is 0 Å². The van der Waals surface area contributed by atoms with Crippen LogP contribution < -0.4 is 0 Å². The molecule has 0 aromatic rings. The van der Waals surface area contributed by atoms with Crippen molar-refractivity contribution in [3.63, 3.8) is 0 Å². The van der Waals surface area contributed by atoms with E-state index in [-0.39, 0.29) is 0 Å². The van der Waals surface area contributed by atoms with E-state index in [1.165, 1.54) is 45.4 Å². The summed E-state index contributed by atoms with van der Waals surface area (Å²) in [6.07, 6.45) is 4.24. The molecular weight excluding hydrogens is 188 g/mol. The first-order valence-corrected chi connectivity index (χ1v) is 6.40. The average Bonchev–Trinajstić information content (AvgIpc) is 2.29. The van der Waals surface area contributed by atoms with Crippen LogP contribution >= 0.6 is 0 Å². The fraction of sp³-hybridized carbons (Fsp3) is 1.00. The van der Waals surface area contributed by atoms with Gasteiger partial charge >= 0.3 is 0 Å². The first kappa shape index (κ1) is 11.4. The maximum atomic E-state index is 5.45. The van der Waals surface area contributed by atoms with Gasteiger partial charge in [-0.15, -0.1) is 0 Å². The maximum Gasteiger partial charge on any atom is 0.0619 e. The van der Waals surface area contributed by atoms with Crippen molar-refractivity contribution in [2.45, 2.75) is 32.2 Å². The van der Waals surface area contributed by atoms with E-state index in [2.05, 4.69) is 16.7 Å². The van der Waals surface area contributed by atoms with E-state index in [1.54, 1.807) is 0 Å². The first-order chi connectivity index (χ1) is 7.36. The van der Waals surface area contributed by atoms with Crippen molar-refractivity contribution in [3.05, 3.63) is 0 Å². The molecule has 2 aliphatic heterocycles. The third-order valence-corrected chi connectivity index (χ3v) is 3.66. The second-order valence-corrected chi connectivity index (χ2v) is 4.86. The van der Waals surface area contributed by atoms with E-state index in [1.807, 2.05) is 0 Å². The van der Waals surface area contributed by atoms with Crippen molar-refractivity contribution in [2.75, 3.05) is 45.9 Å². The fourth-order valence-electron chi connectivity index (χ4n) is 2.55. The third-order valence-electron chi connectivity index (χ3n) is 3.66. The second-order valence-electron chi connectivity index (χ2n) is 4.86. The molecule has 15 heavy (non-hydrogen) atoms. The molecular formula is C12H24N2O. The molecule has 0 amide bonds. The lowest BCUT2D eigenvalue weighted by Gasteiger charge is -2.35. The highest BCUT2D eigenvalue weighted by Crippen LogP contribution is 2.10. The van der Waals surface area contributed by atoms with Gasteiger partial charge in [-0.3, -0.25) is 4.90 Å². The summed E-state index contributed by atoms with van der Waals surface area (Å²) in [6.45, 7) is 10.3. The van der Waals surface area contributed by atoms with E-state index in [4.69, 9.17) is 4.74 Å². The van der Waals surface area contributed by atoms with Crippen LogP contribution in [-0.4, -0.2) is 61.8 Å². The zero-order chi connectivity index (χ0) is 10.5. The van der Waals surface area contributed by atoms with Crippen LogP contribution in [0.3, 0.4) is 0 Å². The van der Waals surface area contributed by atoms with Crippen LogP contribution in [0.1, 0.15) is 26.2 Å². The Bertz CT molecular complexity index is 180. The molecule has 0 aliphatic carbocycles. The summed E-state index contributed by atoms with van der Waals surface area (Å²) in [4.78, 5) is 5.18. The Labute approximate surface area is 93.4 Å². The van der Waals surface area contributed by atoms with Gasteiger partial charge in [0.05, 0.1) is 13.2 Å². The van der Waals surface area contributed by atoms with Gasteiger partial charge in [-0.05, 0) is 32.9 Å². The number of hydrogen-bond donors (Lipinski definition) is 0. The zero-order valence-corrected chi connectivity index (χ0v) is 9.95. The summed E-state index contributed by atoms with van der Waals surface area (Å²) >= 11 is 0. The van der Waals surface area contributed by atoms with Crippen molar-refractivity contribution in [1.82, 2.24) is 9.80 Å². The number of nitrogens with zero attached hydrogens (tertiary/aromatic N) is 2. The predicted molar refractivity (Wildman–Crippen MR) is 62.1 cm³/mol. The number of rotatable bonds is 3. The predicted octanol–water partition coefficient (Wildman–Crippen LogP) is 1.19. The van der Waals surface area contributed by atoms with Crippen LogP contribution in [0.4, 0.5) is 0 Å². The molecule has 3 nitrogen and oxygen atoms in total. The number of ether oxygens (including phenoxy) is 1. The van der Waals surface area contributed by atoms with E-state index in [0.29, 0.717) is 6.04 Å². The van der Waals surface area contributed by atoms with Crippen LogP contribution in [0, 0.1) is 0 Å². The van der Waals surface area contributed by atoms with E-state index < -0.39 is 0 Å². The Morgan fingerprint density at radius 1 is 1.07 bits per heavy atom. The number of morpholine rings is 1. The average molecular weight is 212 g/mol. The highest BCUT2D eigenvalue weighted by molar-refractivity contribution is 4.73. The topological polar surface area (TPSA) is 15.7 Å². The zero-order valence-electron chi connectivity index (χ0n) is 9.95. The van der Waals surface area contributed by atoms with Crippen molar-refractivity contribution >= 4 is 0 Å². The van der Waals surface area contributed by atoms with Crippen molar-refractivity contribution < 1.29 is 4.74 Å². The molecule has 2 aliphatic rings. The van der Waals surface area contributed by atoms with Crippen molar-refractivity contribution in [3.8, 4) is 0 Å². The third kappa shape index (κ3) is 3.44. The molecule has 0 spiro atoms. The highest BCUT2D eigenvalue weighted by Gasteiger charge is 2.19. The van der Waals surface area contributed by atoms with E-state index >= 15 is 0 Å². The monoisotopic (exact) mass is 212 g/mol. The van der Waals surface area contributed by atoms with E-state index in [0.717, 1.165) is 19.8 Å². The van der Waals surface area contributed by atoms with Gasteiger partial charge < -0.3 is 9.64 Å². The van der Waals surface area contributed by atoms with Gasteiger partial charge in [0.1, 0.15) is 0 Å². The quantitative estimate of drug-likeness (QED) is 0.699. The molecule has 2 heterocycles. The van der Waals surface area contributed by atoms with Gasteiger partial charge in [0.15, 0.2) is 0 Å². The lowest BCUT2D eigenvalue weighted by atomic mass is 10.1.